The van der Waals surface area contributed by atoms with E-state index < -0.39 is 0 Å². The molecule has 0 fully saturated rings. The average molecular weight is 452 g/mol. The fourth-order valence-electron chi connectivity index (χ4n) is 2.65. The van der Waals surface area contributed by atoms with Crippen LogP contribution in [0.25, 0.3) is 11.0 Å². The minimum Gasteiger partial charge on any atom is -0.357 e. The molecule has 2 N–H and O–H groups in total. The van der Waals surface area contributed by atoms with E-state index in [4.69, 9.17) is 0 Å². The molecule has 0 amide bonds. The lowest BCUT2D eigenvalue weighted by atomic mass is 10.3. The van der Waals surface area contributed by atoms with Gasteiger partial charge < -0.3 is 19.8 Å². The van der Waals surface area contributed by atoms with Crippen LogP contribution in [0.5, 0.6) is 0 Å². The Bertz CT molecular complexity index is 806. The number of nitrogens with zero attached hydrogens (tertiary/aromatic N) is 4. The molecule has 0 unspecified atom stereocenters. The van der Waals surface area contributed by atoms with Crippen molar-refractivity contribution < 1.29 is 0 Å². The van der Waals surface area contributed by atoms with Crippen molar-refractivity contribution in [3.8, 4) is 0 Å². The first-order chi connectivity index (χ1) is 11.8. The van der Waals surface area contributed by atoms with E-state index in [-0.39, 0.29) is 24.0 Å². The molecule has 7 heteroatoms. The van der Waals surface area contributed by atoms with Gasteiger partial charge in [0.1, 0.15) is 12.4 Å². The Kier molecular flexibility index (Phi) is 7.30. The summed E-state index contributed by atoms with van der Waals surface area (Å²) >= 11 is 0. The molecule has 3 aromatic rings. The maximum absolute atomic E-state index is 4.66. The van der Waals surface area contributed by atoms with Gasteiger partial charge in [-0.3, -0.25) is 0 Å². The van der Waals surface area contributed by atoms with Crippen LogP contribution in [0.4, 0.5) is 0 Å². The van der Waals surface area contributed by atoms with E-state index in [0.29, 0.717) is 6.54 Å². The van der Waals surface area contributed by atoms with Gasteiger partial charge in [-0.1, -0.05) is 12.1 Å². The van der Waals surface area contributed by atoms with Gasteiger partial charge in [0.05, 0.1) is 11.0 Å². The number of halogens is 1. The summed E-state index contributed by atoms with van der Waals surface area (Å²) in [5, 5.41) is 6.64. The van der Waals surface area contributed by atoms with Crippen LogP contribution >= 0.6 is 24.0 Å². The van der Waals surface area contributed by atoms with Crippen LogP contribution in [0, 0.1) is 0 Å². The van der Waals surface area contributed by atoms with Crippen LogP contribution in [-0.4, -0.2) is 33.2 Å². The molecule has 2 heterocycles. The van der Waals surface area contributed by atoms with Crippen molar-refractivity contribution in [2.24, 2.45) is 12.0 Å². The summed E-state index contributed by atoms with van der Waals surface area (Å²) in [5.74, 6) is 1.77. The summed E-state index contributed by atoms with van der Waals surface area (Å²) in [5.41, 5.74) is 2.14. The van der Waals surface area contributed by atoms with Gasteiger partial charge in [0.25, 0.3) is 0 Å². The van der Waals surface area contributed by atoms with Crippen LogP contribution in [0.3, 0.4) is 0 Å². The van der Waals surface area contributed by atoms with Crippen LogP contribution in [0.1, 0.15) is 12.7 Å². The SMILES string of the molecule is CCNC(=NCc1nc2ccccc2n1C)NCCn1cccc1.I. The molecule has 3 rings (SSSR count). The second kappa shape index (κ2) is 9.45. The van der Waals surface area contributed by atoms with Crippen LogP contribution < -0.4 is 10.6 Å². The van der Waals surface area contributed by atoms with E-state index in [1.54, 1.807) is 0 Å². The quantitative estimate of drug-likeness (QED) is 0.344. The van der Waals surface area contributed by atoms with Crippen molar-refractivity contribution in [1.29, 1.82) is 0 Å². The highest BCUT2D eigenvalue weighted by Gasteiger charge is 2.06. The number of imidazole rings is 1. The maximum Gasteiger partial charge on any atom is 0.191 e. The van der Waals surface area contributed by atoms with Gasteiger partial charge >= 0.3 is 0 Å². The number of hydrogen-bond acceptors (Lipinski definition) is 2. The lowest BCUT2D eigenvalue weighted by Crippen LogP contribution is -2.38. The van der Waals surface area contributed by atoms with Crippen LogP contribution in [0.15, 0.2) is 53.8 Å². The second-order valence-corrected chi connectivity index (χ2v) is 5.62. The lowest BCUT2D eigenvalue weighted by molar-refractivity contribution is 0.664. The Morgan fingerprint density at radius 3 is 2.60 bits per heavy atom. The van der Waals surface area contributed by atoms with Gasteiger partial charge in [-0.25, -0.2) is 9.98 Å². The van der Waals surface area contributed by atoms with Crippen molar-refractivity contribution in [3.63, 3.8) is 0 Å². The van der Waals surface area contributed by atoms with Crippen LogP contribution in [0.2, 0.25) is 0 Å². The third kappa shape index (κ3) is 4.97. The average Bonchev–Trinajstić information content (AvgIpc) is 3.21. The highest BCUT2D eigenvalue weighted by Crippen LogP contribution is 2.14. The van der Waals surface area contributed by atoms with Crippen molar-refractivity contribution in [3.05, 3.63) is 54.6 Å². The monoisotopic (exact) mass is 452 g/mol. The van der Waals surface area contributed by atoms with Gasteiger partial charge in [-0.2, -0.15) is 0 Å². The lowest BCUT2D eigenvalue weighted by Gasteiger charge is -2.11. The molecule has 2 aromatic heterocycles. The van der Waals surface area contributed by atoms with E-state index in [1.807, 2.05) is 37.4 Å². The smallest absolute Gasteiger partial charge is 0.191 e. The molecule has 0 radical (unpaired) electrons. The van der Waals surface area contributed by atoms with Gasteiger partial charge in [-0.15, -0.1) is 24.0 Å². The largest absolute Gasteiger partial charge is 0.357 e. The van der Waals surface area contributed by atoms with Gasteiger partial charge in [0, 0.05) is 39.1 Å². The predicted molar refractivity (Wildman–Crippen MR) is 113 cm³/mol. The summed E-state index contributed by atoms with van der Waals surface area (Å²) < 4.78 is 4.24. The minimum atomic E-state index is 0. The zero-order valence-electron chi connectivity index (χ0n) is 14.6. The molecular formula is C18H25IN6. The van der Waals surface area contributed by atoms with E-state index >= 15 is 0 Å². The molecular weight excluding hydrogens is 427 g/mol. The molecule has 0 saturated heterocycles. The molecule has 0 spiro atoms. The van der Waals surface area contributed by atoms with Gasteiger partial charge in [-0.05, 0) is 31.2 Å². The Balaban J connectivity index is 0.00000225. The topological polar surface area (TPSA) is 59.2 Å². The molecule has 0 aliphatic heterocycles. The number of benzene rings is 1. The van der Waals surface area contributed by atoms with Gasteiger partial charge in [0.15, 0.2) is 5.96 Å². The van der Waals surface area contributed by atoms with Crippen LogP contribution in [-0.2, 0) is 20.1 Å². The molecule has 0 saturated carbocycles. The van der Waals surface area contributed by atoms with Crippen molar-refractivity contribution in [2.75, 3.05) is 13.1 Å². The summed E-state index contributed by atoms with van der Waals surface area (Å²) in [7, 11) is 2.03. The molecule has 25 heavy (non-hydrogen) atoms. The Hall–Kier alpha value is -2.03. The summed E-state index contributed by atoms with van der Waals surface area (Å²) in [6.07, 6.45) is 4.12. The summed E-state index contributed by atoms with van der Waals surface area (Å²) in [4.78, 5) is 9.32. The Morgan fingerprint density at radius 1 is 1.12 bits per heavy atom. The Labute approximate surface area is 165 Å². The van der Waals surface area contributed by atoms with Crippen molar-refractivity contribution >= 4 is 41.0 Å². The number of rotatable bonds is 6. The number of fused-ring (bicyclic) bond motifs is 1. The third-order valence-corrected chi connectivity index (χ3v) is 3.93. The fourth-order valence-corrected chi connectivity index (χ4v) is 2.65. The molecule has 0 atom stereocenters. The highest BCUT2D eigenvalue weighted by molar-refractivity contribution is 14.0. The number of para-hydroxylation sites is 2. The first kappa shape index (κ1) is 19.3. The molecule has 1 aromatic carbocycles. The van der Waals surface area contributed by atoms with E-state index in [0.717, 1.165) is 42.5 Å². The molecule has 0 aliphatic carbocycles. The third-order valence-electron chi connectivity index (χ3n) is 3.93. The number of aryl methyl sites for hydroxylation is 1. The molecule has 6 nitrogen and oxygen atoms in total. The maximum atomic E-state index is 4.66. The van der Waals surface area contributed by atoms with E-state index in [9.17, 15) is 0 Å². The number of aromatic nitrogens is 3. The fraction of sp³-hybridized carbons (Fsp3) is 0.333. The molecule has 0 aliphatic rings. The van der Waals surface area contributed by atoms with E-state index in [2.05, 4.69) is 55.1 Å². The highest BCUT2D eigenvalue weighted by atomic mass is 127. The molecule has 0 bridgehead atoms. The zero-order valence-corrected chi connectivity index (χ0v) is 17.0. The minimum absolute atomic E-state index is 0. The van der Waals surface area contributed by atoms with Crippen molar-refractivity contribution in [1.82, 2.24) is 24.8 Å². The Morgan fingerprint density at radius 2 is 1.88 bits per heavy atom. The standard InChI is InChI=1S/C18H24N6.HI/c1-3-19-18(20-10-13-24-11-6-7-12-24)21-14-17-22-15-8-4-5-9-16(15)23(17)2;/h4-9,11-12H,3,10,13-14H2,1-2H3,(H2,19,20,21);1H. The number of hydrogen-bond donors (Lipinski definition) is 2. The number of aliphatic imine (C=N–C) groups is 1. The van der Waals surface area contributed by atoms with Crippen molar-refractivity contribution in [2.45, 2.75) is 20.0 Å². The van der Waals surface area contributed by atoms with Gasteiger partial charge in [0.2, 0.25) is 0 Å². The predicted octanol–water partition coefficient (Wildman–Crippen LogP) is 2.75. The zero-order chi connectivity index (χ0) is 16.8. The second-order valence-electron chi connectivity index (χ2n) is 5.62. The molecule has 134 valence electrons. The number of nitrogens with one attached hydrogen (secondary N) is 2. The normalized spacial score (nSPS) is 11.4. The summed E-state index contributed by atoms with van der Waals surface area (Å²) in [6, 6.07) is 12.2. The summed E-state index contributed by atoms with van der Waals surface area (Å²) in [6.45, 7) is 5.17. The number of guanidine groups is 1. The van der Waals surface area contributed by atoms with E-state index in [1.165, 1.54) is 0 Å². The first-order valence-corrected chi connectivity index (χ1v) is 8.31. The first-order valence-electron chi connectivity index (χ1n) is 8.31.